The van der Waals surface area contributed by atoms with E-state index in [0.29, 0.717) is 11.3 Å². The van der Waals surface area contributed by atoms with E-state index in [-0.39, 0.29) is 16.1 Å². The summed E-state index contributed by atoms with van der Waals surface area (Å²) in [7, 11) is 3.82. The Morgan fingerprint density at radius 3 is 2.60 bits per heavy atom. The number of carbonyl (C=O) groups excluding carboxylic acids is 1. The fraction of sp³-hybridized carbons (Fsp3) is 0.143. The minimum absolute atomic E-state index is 0.178. The minimum Gasteiger partial charge on any atom is -0.376 e. The molecule has 1 amide bonds. The van der Waals surface area contributed by atoms with Crippen LogP contribution in [0.15, 0.2) is 36.5 Å². The Kier molecular flexibility index (Phi) is 4.47. The van der Waals surface area contributed by atoms with Gasteiger partial charge in [0, 0.05) is 20.3 Å². The summed E-state index contributed by atoms with van der Waals surface area (Å²) in [6.07, 6.45) is 1.39. The number of nitrogens with one attached hydrogen (secondary N) is 1. The van der Waals surface area contributed by atoms with Crippen molar-refractivity contribution >= 4 is 40.5 Å². The molecular weight excluding hydrogens is 297 g/mol. The first-order valence-corrected chi connectivity index (χ1v) is 6.63. The highest BCUT2D eigenvalue weighted by atomic mass is 35.5. The molecule has 0 unspecified atom stereocenters. The Morgan fingerprint density at radius 1 is 1.25 bits per heavy atom. The van der Waals surface area contributed by atoms with E-state index in [9.17, 15) is 4.79 Å². The molecule has 0 bridgehead atoms. The lowest BCUT2D eigenvalue weighted by molar-refractivity contribution is 0.102. The molecule has 0 saturated carbocycles. The predicted molar refractivity (Wildman–Crippen MR) is 83.0 cm³/mol. The van der Waals surface area contributed by atoms with Crippen LogP contribution in [0.3, 0.4) is 0 Å². The van der Waals surface area contributed by atoms with Gasteiger partial charge in [-0.3, -0.25) is 4.79 Å². The Hall–Kier alpha value is -1.78. The van der Waals surface area contributed by atoms with Crippen molar-refractivity contribution in [2.45, 2.75) is 0 Å². The van der Waals surface area contributed by atoms with Crippen molar-refractivity contribution < 1.29 is 4.79 Å². The van der Waals surface area contributed by atoms with Gasteiger partial charge in [-0.05, 0) is 18.2 Å². The van der Waals surface area contributed by atoms with Crippen molar-refractivity contribution in [1.29, 1.82) is 0 Å². The number of nitrogens with zero attached hydrogens (tertiary/aromatic N) is 2. The molecule has 1 aromatic heterocycles. The van der Waals surface area contributed by atoms with Crippen molar-refractivity contribution in [2.75, 3.05) is 24.3 Å². The molecule has 104 valence electrons. The van der Waals surface area contributed by atoms with Crippen LogP contribution in [0.5, 0.6) is 0 Å². The fourth-order valence-corrected chi connectivity index (χ4v) is 1.98. The van der Waals surface area contributed by atoms with Gasteiger partial charge in [0.25, 0.3) is 5.91 Å². The van der Waals surface area contributed by atoms with E-state index >= 15 is 0 Å². The summed E-state index contributed by atoms with van der Waals surface area (Å²) in [4.78, 5) is 18.0. The van der Waals surface area contributed by atoms with Crippen LogP contribution in [0.1, 0.15) is 10.4 Å². The first-order chi connectivity index (χ1) is 9.49. The highest BCUT2D eigenvalue weighted by molar-refractivity contribution is 6.41. The summed E-state index contributed by atoms with van der Waals surface area (Å²) in [5.74, 6) is -0.287. The van der Waals surface area contributed by atoms with Gasteiger partial charge in [-0.1, -0.05) is 35.3 Å². The van der Waals surface area contributed by atoms with E-state index in [1.165, 1.54) is 12.3 Å². The number of para-hydroxylation sites is 2. The van der Waals surface area contributed by atoms with Gasteiger partial charge in [-0.15, -0.1) is 0 Å². The molecule has 0 aliphatic heterocycles. The van der Waals surface area contributed by atoms with Crippen molar-refractivity contribution in [3.8, 4) is 0 Å². The summed E-state index contributed by atoms with van der Waals surface area (Å²) in [5, 5.41) is 3.26. The molecule has 0 saturated heterocycles. The van der Waals surface area contributed by atoms with Crippen LogP contribution in [-0.2, 0) is 0 Å². The van der Waals surface area contributed by atoms with Gasteiger partial charge in [0.15, 0.2) is 0 Å². The van der Waals surface area contributed by atoms with Gasteiger partial charge in [0.1, 0.15) is 5.15 Å². The van der Waals surface area contributed by atoms with Gasteiger partial charge >= 0.3 is 0 Å². The Balaban J connectivity index is 2.26. The number of halogens is 2. The molecule has 0 radical (unpaired) electrons. The Bertz CT molecular complexity index is 644. The van der Waals surface area contributed by atoms with E-state index in [0.717, 1.165) is 5.69 Å². The van der Waals surface area contributed by atoms with E-state index in [1.54, 1.807) is 0 Å². The molecule has 0 fully saturated rings. The number of amides is 1. The van der Waals surface area contributed by atoms with Crippen molar-refractivity contribution in [1.82, 2.24) is 4.98 Å². The van der Waals surface area contributed by atoms with Crippen LogP contribution in [0.4, 0.5) is 11.4 Å². The monoisotopic (exact) mass is 309 g/mol. The van der Waals surface area contributed by atoms with Gasteiger partial charge in [-0.2, -0.15) is 0 Å². The summed E-state index contributed by atoms with van der Waals surface area (Å²) >= 11 is 11.6. The SMILES string of the molecule is CN(C)c1ccccc1NC(=O)c1cnc(Cl)c(Cl)c1. The van der Waals surface area contributed by atoms with Gasteiger partial charge in [-0.25, -0.2) is 4.98 Å². The first-order valence-electron chi connectivity index (χ1n) is 5.88. The Morgan fingerprint density at radius 2 is 1.95 bits per heavy atom. The maximum Gasteiger partial charge on any atom is 0.257 e. The second kappa shape index (κ2) is 6.11. The molecular formula is C14H13Cl2N3O. The zero-order valence-electron chi connectivity index (χ0n) is 11.0. The maximum atomic E-state index is 12.2. The number of rotatable bonds is 3. The topological polar surface area (TPSA) is 45.2 Å². The van der Waals surface area contributed by atoms with E-state index < -0.39 is 0 Å². The smallest absolute Gasteiger partial charge is 0.257 e. The van der Waals surface area contributed by atoms with Crippen molar-refractivity contribution in [3.05, 3.63) is 52.3 Å². The van der Waals surface area contributed by atoms with Crippen LogP contribution in [0, 0.1) is 0 Å². The van der Waals surface area contributed by atoms with Crippen molar-refractivity contribution in [2.24, 2.45) is 0 Å². The van der Waals surface area contributed by atoms with Crippen molar-refractivity contribution in [3.63, 3.8) is 0 Å². The van der Waals surface area contributed by atoms with Gasteiger partial charge < -0.3 is 10.2 Å². The number of carbonyl (C=O) groups is 1. The zero-order valence-corrected chi connectivity index (χ0v) is 12.5. The van der Waals surface area contributed by atoms with Crippen LogP contribution < -0.4 is 10.2 Å². The number of hydrogen-bond acceptors (Lipinski definition) is 3. The summed E-state index contributed by atoms with van der Waals surface area (Å²) < 4.78 is 0. The average Bonchev–Trinajstić information content (AvgIpc) is 2.42. The highest BCUT2D eigenvalue weighted by Gasteiger charge is 2.12. The number of anilines is 2. The van der Waals surface area contributed by atoms with E-state index in [4.69, 9.17) is 23.2 Å². The predicted octanol–water partition coefficient (Wildman–Crippen LogP) is 3.71. The third-order valence-electron chi connectivity index (χ3n) is 2.69. The van der Waals surface area contributed by atoms with Crippen LogP contribution in [-0.4, -0.2) is 25.0 Å². The molecule has 6 heteroatoms. The maximum absolute atomic E-state index is 12.2. The molecule has 2 aromatic rings. The largest absolute Gasteiger partial charge is 0.376 e. The standard InChI is InChI=1S/C14H13Cl2N3O/c1-19(2)12-6-4-3-5-11(12)18-14(20)9-7-10(15)13(16)17-8-9/h3-8H,1-2H3,(H,18,20). The lowest BCUT2D eigenvalue weighted by Crippen LogP contribution is -2.16. The molecule has 1 N–H and O–H groups in total. The van der Waals surface area contributed by atoms with E-state index in [2.05, 4.69) is 10.3 Å². The quantitative estimate of drug-likeness (QED) is 0.879. The fourth-order valence-electron chi connectivity index (χ4n) is 1.71. The number of hydrogen-bond donors (Lipinski definition) is 1. The lowest BCUT2D eigenvalue weighted by atomic mass is 10.2. The zero-order chi connectivity index (χ0) is 14.7. The Labute approximate surface area is 127 Å². The molecule has 20 heavy (non-hydrogen) atoms. The lowest BCUT2D eigenvalue weighted by Gasteiger charge is -2.17. The summed E-state index contributed by atoms with van der Waals surface area (Å²) in [6, 6.07) is 9.01. The average molecular weight is 310 g/mol. The molecule has 2 rings (SSSR count). The summed E-state index contributed by atoms with van der Waals surface area (Å²) in [5.41, 5.74) is 1.98. The first kappa shape index (κ1) is 14.6. The third-order valence-corrected chi connectivity index (χ3v) is 3.38. The van der Waals surface area contributed by atoms with Gasteiger partial charge in [0.2, 0.25) is 0 Å². The molecule has 1 aromatic carbocycles. The van der Waals surface area contributed by atoms with Crippen LogP contribution in [0.2, 0.25) is 10.2 Å². The molecule has 0 aliphatic rings. The number of pyridine rings is 1. The molecule has 0 aliphatic carbocycles. The van der Waals surface area contributed by atoms with Crippen LogP contribution in [0.25, 0.3) is 0 Å². The normalized spacial score (nSPS) is 10.2. The molecule has 1 heterocycles. The molecule has 0 atom stereocenters. The second-order valence-electron chi connectivity index (χ2n) is 4.36. The number of aromatic nitrogens is 1. The summed E-state index contributed by atoms with van der Waals surface area (Å²) in [6.45, 7) is 0. The van der Waals surface area contributed by atoms with E-state index in [1.807, 2.05) is 43.3 Å². The molecule has 4 nitrogen and oxygen atoms in total. The second-order valence-corrected chi connectivity index (χ2v) is 5.13. The van der Waals surface area contributed by atoms with Gasteiger partial charge in [0.05, 0.1) is 22.0 Å². The number of benzene rings is 1. The molecule has 0 spiro atoms. The highest BCUT2D eigenvalue weighted by Crippen LogP contribution is 2.25. The van der Waals surface area contributed by atoms with Crippen LogP contribution >= 0.6 is 23.2 Å². The third kappa shape index (κ3) is 3.21. The minimum atomic E-state index is -0.287.